The normalized spacial score (nSPS) is 16.5. The van der Waals surface area contributed by atoms with Gasteiger partial charge in [0.1, 0.15) is 0 Å². The van der Waals surface area contributed by atoms with E-state index < -0.39 is 0 Å². The third kappa shape index (κ3) is 5.07. The van der Waals surface area contributed by atoms with Gasteiger partial charge in [-0.3, -0.25) is 4.79 Å². The van der Waals surface area contributed by atoms with Gasteiger partial charge in [0.15, 0.2) is 0 Å². The first-order chi connectivity index (χ1) is 11.8. The van der Waals surface area contributed by atoms with Crippen LogP contribution in [0.25, 0.3) is 0 Å². The summed E-state index contributed by atoms with van der Waals surface area (Å²) >= 11 is 0. The first-order valence-corrected chi connectivity index (χ1v) is 8.92. The molecule has 4 heteroatoms. The minimum atomic E-state index is 0. The van der Waals surface area contributed by atoms with E-state index in [0.717, 1.165) is 49.8 Å². The van der Waals surface area contributed by atoms with Crippen molar-refractivity contribution in [2.24, 2.45) is 5.73 Å². The van der Waals surface area contributed by atoms with E-state index >= 15 is 0 Å². The largest absolute Gasteiger partial charge is 0.336 e. The lowest BCUT2D eigenvalue weighted by Gasteiger charge is -2.25. The number of hydrogen-bond donors (Lipinski definition) is 1. The minimum absolute atomic E-state index is 0. The Hall–Kier alpha value is -1.84. The second-order valence-electron chi connectivity index (χ2n) is 6.57. The van der Waals surface area contributed by atoms with Crippen LogP contribution in [-0.4, -0.2) is 23.4 Å². The first-order valence-electron chi connectivity index (χ1n) is 8.92. The predicted octanol–water partition coefficient (Wildman–Crippen LogP) is 4.19. The number of nitrogens with zero attached hydrogens (tertiary/aromatic N) is 1. The topological polar surface area (TPSA) is 46.3 Å². The lowest BCUT2D eigenvalue weighted by Crippen LogP contribution is -2.35. The van der Waals surface area contributed by atoms with Crippen molar-refractivity contribution < 1.29 is 4.79 Å². The zero-order valence-corrected chi connectivity index (χ0v) is 15.4. The summed E-state index contributed by atoms with van der Waals surface area (Å²) in [5.74, 6) is 0.167. The second kappa shape index (κ2) is 9.59. The Kier molecular flexibility index (Phi) is 7.48. The SMILES string of the molecule is Cl.NCc1ccc(C(=O)N2CCCC2CCCc2ccccc2)cc1. The smallest absolute Gasteiger partial charge is 0.254 e. The number of halogens is 1. The van der Waals surface area contributed by atoms with E-state index in [1.165, 1.54) is 5.56 Å². The van der Waals surface area contributed by atoms with Crippen LogP contribution in [0.15, 0.2) is 54.6 Å². The molecule has 3 rings (SSSR count). The Morgan fingerprint density at radius 2 is 1.76 bits per heavy atom. The van der Waals surface area contributed by atoms with Crippen LogP contribution >= 0.6 is 12.4 Å². The number of amides is 1. The molecule has 0 spiro atoms. The number of carbonyl (C=O) groups excluding carboxylic acids is 1. The predicted molar refractivity (Wildman–Crippen MR) is 105 cm³/mol. The van der Waals surface area contributed by atoms with Crippen molar-refractivity contribution in [3.05, 3.63) is 71.3 Å². The number of aryl methyl sites for hydroxylation is 1. The van der Waals surface area contributed by atoms with Crippen LogP contribution in [0.2, 0.25) is 0 Å². The fraction of sp³-hybridized carbons (Fsp3) is 0.381. The molecule has 0 aliphatic carbocycles. The molecule has 2 aromatic rings. The number of carbonyl (C=O) groups is 1. The number of nitrogens with two attached hydrogens (primary N) is 1. The molecule has 25 heavy (non-hydrogen) atoms. The van der Waals surface area contributed by atoms with Gasteiger partial charge in [0, 0.05) is 24.7 Å². The molecule has 1 fully saturated rings. The van der Waals surface area contributed by atoms with Crippen molar-refractivity contribution in [1.82, 2.24) is 4.90 Å². The molecule has 3 nitrogen and oxygen atoms in total. The molecule has 0 radical (unpaired) electrons. The first kappa shape index (κ1) is 19.5. The Bertz CT molecular complexity index is 657. The highest BCUT2D eigenvalue weighted by atomic mass is 35.5. The van der Waals surface area contributed by atoms with Crippen LogP contribution < -0.4 is 5.73 Å². The summed E-state index contributed by atoms with van der Waals surface area (Å²) in [6, 6.07) is 18.7. The Morgan fingerprint density at radius 3 is 2.44 bits per heavy atom. The van der Waals surface area contributed by atoms with Crippen molar-refractivity contribution in [3.8, 4) is 0 Å². The maximum atomic E-state index is 12.8. The molecule has 1 aliphatic heterocycles. The Morgan fingerprint density at radius 1 is 1.04 bits per heavy atom. The van der Waals surface area contributed by atoms with Gasteiger partial charge >= 0.3 is 0 Å². The van der Waals surface area contributed by atoms with Gasteiger partial charge in [0.05, 0.1) is 0 Å². The monoisotopic (exact) mass is 358 g/mol. The zero-order valence-electron chi connectivity index (χ0n) is 14.6. The quantitative estimate of drug-likeness (QED) is 0.841. The summed E-state index contributed by atoms with van der Waals surface area (Å²) in [6.07, 6.45) is 5.54. The van der Waals surface area contributed by atoms with Gasteiger partial charge < -0.3 is 10.6 Å². The Labute approximate surface area is 156 Å². The molecule has 0 saturated carbocycles. The van der Waals surface area contributed by atoms with Crippen molar-refractivity contribution in [1.29, 1.82) is 0 Å². The molecule has 2 N–H and O–H groups in total. The van der Waals surface area contributed by atoms with Gasteiger partial charge in [-0.15, -0.1) is 12.4 Å². The van der Waals surface area contributed by atoms with Crippen molar-refractivity contribution >= 4 is 18.3 Å². The van der Waals surface area contributed by atoms with Gasteiger partial charge in [-0.25, -0.2) is 0 Å². The van der Waals surface area contributed by atoms with Crippen molar-refractivity contribution in [3.63, 3.8) is 0 Å². The molecule has 1 aliphatic rings. The van der Waals surface area contributed by atoms with Gasteiger partial charge in [-0.1, -0.05) is 42.5 Å². The molecule has 1 saturated heterocycles. The van der Waals surface area contributed by atoms with E-state index in [9.17, 15) is 4.79 Å². The lowest BCUT2D eigenvalue weighted by atomic mass is 10.0. The number of likely N-dealkylation sites (tertiary alicyclic amines) is 1. The molecule has 2 aromatic carbocycles. The molecule has 1 atom stereocenters. The highest BCUT2D eigenvalue weighted by Crippen LogP contribution is 2.24. The van der Waals surface area contributed by atoms with Gasteiger partial charge in [-0.05, 0) is 55.4 Å². The lowest BCUT2D eigenvalue weighted by molar-refractivity contribution is 0.0729. The van der Waals surface area contributed by atoms with E-state index in [2.05, 4.69) is 35.2 Å². The van der Waals surface area contributed by atoms with Crippen LogP contribution in [0, 0.1) is 0 Å². The fourth-order valence-electron chi connectivity index (χ4n) is 3.54. The third-order valence-electron chi connectivity index (χ3n) is 4.92. The molecule has 134 valence electrons. The molecule has 0 bridgehead atoms. The standard InChI is InChI=1S/C21H26N2O.ClH/c22-16-18-11-13-19(14-12-18)21(24)23-15-5-10-20(23)9-4-8-17-6-2-1-3-7-17;/h1-3,6-7,11-14,20H,4-5,8-10,15-16,22H2;1H. The highest BCUT2D eigenvalue weighted by Gasteiger charge is 2.28. The number of benzene rings is 2. The molecule has 1 heterocycles. The maximum absolute atomic E-state index is 12.8. The van der Waals surface area contributed by atoms with Gasteiger partial charge in [0.2, 0.25) is 0 Å². The third-order valence-corrected chi connectivity index (χ3v) is 4.92. The van der Waals surface area contributed by atoms with E-state index in [4.69, 9.17) is 5.73 Å². The van der Waals surface area contributed by atoms with E-state index in [1.807, 2.05) is 24.3 Å². The molecular weight excluding hydrogens is 332 g/mol. The summed E-state index contributed by atoms with van der Waals surface area (Å²) < 4.78 is 0. The van der Waals surface area contributed by atoms with E-state index in [1.54, 1.807) is 0 Å². The molecular formula is C21H27ClN2O. The molecule has 1 unspecified atom stereocenters. The van der Waals surface area contributed by atoms with Crippen LogP contribution in [0.3, 0.4) is 0 Å². The van der Waals surface area contributed by atoms with Crippen LogP contribution in [0.1, 0.15) is 47.2 Å². The van der Waals surface area contributed by atoms with Gasteiger partial charge in [-0.2, -0.15) is 0 Å². The minimum Gasteiger partial charge on any atom is -0.336 e. The molecule has 0 aromatic heterocycles. The average Bonchev–Trinajstić information content (AvgIpc) is 3.10. The summed E-state index contributed by atoms with van der Waals surface area (Å²) in [7, 11) is 0. The molecule has 1 amide bonds. The fourth-order valence-corrected chi connectivity index (χ4v) is 3.54. The van der Waals surface area contributed by atoms with Crippen LogP contribution in [0.4, 0.5) is 0 Å². The maximum Gasteiger partial charge on any atom is 0.254 e. The van der Waals surface area contributed by atoms with E-state index in [0.29, 0.717) is 12.6 Å². The summed E-state index contributed by atoms with van der Waals surface area (Å²) in [5, 5.41) is 0. The van der Waals surface area contributed by atoms with Crippen molar-refractivity contribution in [2.45, 2.75) is 44.7 Å². The van der Waals surface area contributed by atoms with Gasteiger partial charge in [0.25, 0.3) is 5.91 Å². The average molecular weight is 359 g/mol. The second-order valence-corrected chi connectivity index (χ2v) is 6.57. The van der Waals surface area contributed by atoms with E-state index in [-0.39, 0.29) is 18.3 Å². The summed E-state index contributed by atoms with van der Waals surface area (Å²) in [5.41, 5.74) is 8.85. The summed E-state index contributed by atoms with van der Waals surface area (Å²) in [4.78, 5) is 14.9. The van der Waals surface area contributed by atoms with Crippen LogP contribution in [0.5, 0.6) is 0 Å². The van der Waals surface area contributed by atoms with Crippen molar-refractivity contribution in [2.75, 3.05) is 6.54 Å². The Balaban J connectivity index is 0.00000225. The summed E-state index contributed by atoms with van der Waals surface area (Å²) in [6.45, 7) is 1.40. The number of rotatable bonds is 6. The number of hydrogen-bond acceptors (Lipinski definition) is 2. The highest BCUT2D eigenvalue weighted by molar-refractivity contribution is 5.94. The zero-order chi connectivity index (χ0) is 16.8. The van der Waals surface area contributed by atoms with Crippen LogP contribution in [-0.2, 0) is 13.0 Å².